The largest absolute Gasteiger partial charge is 0.507 e. The van der Waals surface area contributed by atoms with E-state index < -0.39 is 5.91 Å². The number of amides is 1. The number of hydrogen-bond donors (Lipinski definition) is 2. The lowest BCUT2D eigenvalue weighted by molar-refractivity contribution is 0.0339. The van der Waals surface area contributed by atoms with Gasteiger partial charge in [-0.1, -0.05) is 24.3 Å². The summed E-state index contributed by atoms with van der Waals surface area (Å²) in [5, 5.41) is 16.0. The molecule has 0 saturated carbocycles. The summed E-state index contributed by atoms with van der Waals surface area (Å²) in [5.41, 5.74) is 4.56. The van der Waals surface area contributed by atoms with E-state index in [0.717, 1.165) is 60.5 Å². The zero-order valence-corrected chi connectivity index (χ0v) is 17.4. The van der Waals surface area contributed by atoms with E-state index in [1.54, 1.807) is 25.5 Å². The highest BCUT2D eigenvalue weighted by molar-refractivity contribution is 6.01. The predicted molar refractivity (Wildman–Crippen MR) is 120 cm³/mol. The van der Waals surface area contributed by atoms with E-state index in [2.05, 4.69) is 15.4 Å². The first-order chi connectivity index (χ1) is 15.1. The van der Waals surface area contributed by atoms with Gasteiger partial charge in [-0.15, -0.1) is 0 Å². The van der Waals surface area contributed by atoms with Crippen molar-refractivity contribution >= 4 is 22.9 Å². The highest BCUT2D eigenvalue weighted by Crippen LogP contribution is 2.25. The van der Waals surface area contributed by atoms with E-state index in [1.165, 1.54) is 0 Å². The monoisotopic (exact) mass is 419 g/mol. The molecule has 3 aromatic rings. The van der Waals surface area contributed by atoms with Gasteiger partial charge >= 0.3 is 0 Å². The third kappa shape index (κ3) is 5.02. The zero-order chi connectivity index (χ0) is 21.6. The average Bonchev–Trinajstić information content (AvgIpc) is 2.79. The quantitative estimate of drug-likeness (QED) is 0.474. The molecule has 31 heavy (non-hydrogen) atoms. The van der Waals surface area contributed by atoms with Crippen LogP contribution in [0.3, 0.4) is 0 Å². The maximum atomic E-state index is 12.5. The summed E-state index contributed by atoms with van der Waals surface area (Å²) in [6, 6.07) is 16.6. The number of hydrogen-bond acceptors (Lipinski definition) is 6. The van der Waals surface area contributed by atoms with E-state index in [4.69, 9.17) is 9.47 Å². The molecule has 7 nitrogen and oxygen atoms in total. The fourth-order valence-electron chi connectivity index (χ4n) is 3.64. The number of aromatic hydroxyl groups is 1. The molecule has 1 aliphatic heterocycles. The van der Waals surface area contributed by atoms with Crippen LogP contribution in [0.2, 0.25) is 0 Å². The molecule has 1 heterocycles. The second-order valence-electron chi connectivity index (χ2n) is 7.38. The Hall–Kier alpha value is -3.42. The summed E-state index contributed by atoms with van der Waals surface area (Å²) in [5.74, 6) is 0.263. The topological polar surface area (TPSA) is 83.4 Å². The smallest absolute Gasteiger partial charge is 0.275 e. The van der Waals surface area contributed by atoms with E-state index in [-0.39, 0.29) is 11.3 Å². The Labute approximate surface area is 180 Å². The summed E-state index contributed by atoms with van der Waals surface area (Å²) >= 11 is 0. The van der Waals surface area contributed by atoms with Gasteiger partial charge in [0.15, 0.2) is 0 Å². The van der Waals surface area contributed by atoms with Crippen molar-refractivity contribution in [2.75, 3.05) is 33.4 Å². The van der Waals surface area contributed by atoms with Crippen LogP contribution in [0, 0.1) is 0 Å². The molecule has 1 aliphatic rings. The minimum atomic E-state index is -0.471. The number of fused-ring (bicyclic) bond motifs is 1. The lowest BCUT2D eigenvalue weighted by atomic mass is 10.1. The Morgan fingerprint density at radius 3 is 2.65 bits per heavy atom. The molecule has 1 saturated heterocycles. The number of phenolic OH excluding ortho intramolecular Hbond substituents is 1. The molecule has 0 bridgehead atoms. The molecule has 0 aliphatic carbocycles. The van der Waals surface area contributed by atoms with Crippen LogP contribution in [-0.4, -0.2) is 55.5 Å². The van der Waals surface area contributed by atoms with Crippen molar-refractivity contribution in [3.8, 4) is 11.5 Å². The van der Waals surface area contributed by atoms with Crippen molar-refractivity contribution in [2.45, 2.75) is 6.54 Å². The molecule has 2 N–H and O–H groups in total. The van der Waals surface area contributed by atoms with Gasteiger partial charge in [-0.2, -0.15) is 5.10 Å². The maximum absolute atomic E-state index is 12.5. The summed E-state index contributed by atoms with van der Waals surface area (Å²) in [6.07, 6.45) is 1.58. The van der Waals surface area contributed by atoms with Crippen LogP contribution in [0.15, 0.2) is 59.7 Å². The van der Waals surface area contributed by atoms with Crippen LogP contribution >= 0.6 is 0 Å². The van der Waals surface area contributed by atoms with Crippen LogP contribution in [0.4, 0.5) is 0 Å². The minimum Gasteiger partial charge on any atom is -0.507 e. The highest BCUT2D eigenvalue weighted by atomic mass is 16.5. The van der Waals surface area contributed by atoms with Gasteiger partial charge in [-0.25, -0.2) is 5.43 Å². The third-order valence-electron chi connectivity index (χ3n) is 5.29. The highest BCUT2D eigenvalue weighted by Gasteiger charge is 2.14. The third-order valence-corrected chi connectivity index (χ3v) is 5.29. The molecule has 160 valence electrons. The van der Waals surface area contributed by atoms with Crippen LogP contribution in [-0.2, 0) is 11.3 Å². The van der Waals surface area contributed by atoms with Crippen molar-refractivity contribution in [3.63, 3.8) is 0 Å². The second-order valence-corrected chi connectivity index (χ2v) is 7.38. The van der Waals surface area contributed by atoms with E-state index >= 15 is 0 Å². The van der Waals surface area contributed by atoms with Crippen LogP contribution in [0.25, 0.3) is 10.8 Å². The number of carbonyl (C=O) groups excluding carboxylic acids is 1. The molecule has 0 radical (unpaired) electrons. The Balaban J connectivity index is 1.46. The van der Waals surface area contributed by atoms with Gasteiger partial charge in [0.05, 0.1) is 32.1 Å². The number of phenols is 1. The van der Waals surface area contributed by atoms with Crippen molar-refractivity contribution in [3.05, 3.63) is 71.3 Å². The number of morpholine rings is 1. The van der Waals surface area contributed by atoms with E-state index in [0.29, 0.717) is 0 Å². The van der Waals surface area contributed by atoms with E-state index in [1.807, 2.05) is 42.5 Å². The maximum Gasteiger partial charge on any atom is 0.275 e. The van der Waals surface area contributed by atoms with Crippen LogP contribution in [0.5, 0.6) is 11.5 Å². The lowest BCUT2D eigenvalue weighted by Crippen LogP contribution is -2.35. The fraction of sp³-hybridized carbons (Fsp3) is 0.250. The molecule has 4 rings (SSSR count). The van der Waals surface area contributed by atoms with Crippen molar-refractivity contribution < 1.29 is 19.4 Å². The van der Waals surface area contributed by atoms with Gasteiger partial charge in [-0.3, -0.25) is 9.69 Å². The van der Waals surface area contributed by atoms with Crippen LogP contribution < -0.4 is 10.2 Å². The molecule has 0 aromatic heterocycles. The molecular formula is C24H25N3O4. The number of methoxy groups -OCH3 is 1. The van der Waals surface area contributed by atoms with Gasteiger partial charge in [0.1, 0.15) is 11.5 Å². The molecule has 0 unspecified atom stereocenters. The van der Waals surface area contributed by atoms with Gasteiger partial charge in [0.25, 0.3) is 5.91 Å². The Morgan fingerprint density at radius 1 is 1.16 bits per heavy atom. The number of ether oxygens (including phenoxy) is 2. The Morgan fingerprint density at radius 2 is 1.90 bits per heavy atom. The fourth-order valence-corrected chi connectivity index (χ4v) is 3.64. The predicted octanol–water partition coefficient (Wildman–Crippen LogP) is 3.15. The SMILES string of the molecule is COc1ccc(/C=N\NC(=O)c2cc3ccccc3cc2O)cc1CN1CCOCC1. The van der Waals surface area contributed by atoms with Gasteiger partial charge < -0.3 is 14.6 Å². The lowest BCUT2D eigenvalue weighted by Gasteiger charge is -2.27. The average molecular weight is 419 g/mol. The molecule has 0 spiro atoms. The van der Waals surface area contributed by atoms with E-state index in [9.17, 15) is 9.90 Å². The van der Waals surface area contributed by atoms with Gasteiger partial charge in [-0.05, 0) is 46.7 Å². The van der Waals surface area contributed by atoms with Crippen molar-refractivity contribution in [2.24, 2.45) is 5.10 Å². The number of carbonyl (C=O) groups is 1. The number of nitrogens with zero attached hydrogens (tertiary/aromatic N) is 2. The summed E-state index contributed by atoms with van der Waals surface area (Å²) < 4.78 is 10.9. The minimum absolute atomic E-state index is 0.0800. The summed E-state index contributed by atoms with van der Waals surface area (Å²) in [4.78, 5) is 14.8. The standard InChI is InChI=1S/C24H25N3O4/c1-30-23-7-6-17(12-20(23)16-27-8-10-31-11-9-27)15-25-26-24(29)21-13-18-4-2-3-5-19(18)14-22(21)28/h2-7,12-15,28H,8-11,16H2,1H3,(H,26,29)/b25-15-. The summed E-state index contributed by atoms with van der Waals surface area (Å²) in [6.45, 7) is 3.99. The Bertz CT molecular complexity index is 1110. The molecule has 3 aromatic carbocycles. The number of hydrazone groups is 1. The molecule has 1 amide bonds. The molecule has 0 atom stereocenters. The van der Waals surface area contributed by atoms with Crippen molar-refractivity contribution in [1.82, 2.24) is 10.3 Å². The van der Waals surface area contributed by atoms with Gasteiger partial charge in [0.2, 0.25) is 0 Å². The molecule has 7 heteroatoms. The number of benzene rings is 3. The molecular weight excluding hydrogens is 394 g/mol. The number of rotatable bonds is 6. The molecule has 1 fully saturated rings. The normalized spacial score (nSPS) is 14.7. The first-order valence-corrected chi connectivity index (χ1v) is 10.2. The van der Waals surface area contributed by atoms with Crippen molar-refractivity contribution in [1.29, 1.82) is 0 Å². The second kappa shape index (κ2) is 9.59. The van der Waals surface area contributed by atoms with Crippen LogP contribution in [0.1, 0.15) is 21.5 Å². The summed E-state index contributed by atoms with van der Waals surface area (Å²) in [7, 11) is 1.65. The first-order valence-electron chi connectivity index (χ1n) is 10.2. The number of nitrogens with one attached hydrogen (secondary N) is 1. The van der Waals surface area contributed by atoms with Gasteiger partial charge in [0, 0.05) is 25.2 Å². The first kappa shape index (κ1) is 20.8. The zero-order valence-electron chi connectivity index (χ0n) is 17.4. The Kier molecular flexibility index (Phi) is 6.45.